The molecule has 6 heteroatoms. The molecule has 2 heterocycles. The van der Waals surface area contributed by atoms with Crippen LogP contribution in [0.25, 0.3) is 10.4 Å². The number of azide groups is 1. The molecule has 1 saturated heterocycles. The molecule has 2 rings (SSSR count). The topological polar surface area (TPSA) is 76.5 Å². The first kappa shape index (κ1) is 9.33. The van der Waals surface area contributed by atoms with E-state index in [9.17, 15) is 0 Å². The lowest BCUT2D eigenvalue weighted by Gasteiger charge is -2.17. The van der Waals surface area contributed by atoms with Gasteiger partial charge < -0.3 is 14.2 Å². The Bertz CT molecular complexity index is 320. The molecule has 0 saturated carbocycles. The maximum absolute atomic E-state index is 8.13. The summed E-state index contributed by atoms with van der Waals surface area (Å²) in [5, 5.41) is 3.39. The summed E-state index contributed by atoms with van der Waals surface area (Å²) in [6, 6.07) is 0. The zero-order valence-electron chi connectivity index (χ0n) is 8.01. The second-order valence-corrected chi connectivity index (χ2v) is 3.61. The Morgan fingerprint density at radius 2 is 2.36 bits per heavy atom. The standard InChI is InChI=1S/C8H11N3O3/c1-8(2)13-6-3-5(4-10-11-9)12-7(6)14-8/h3,6-7H,4H2,1-2H3/t6-,7-/m1/s1. The van der Waals surface area contributed by atoms with Crippen LogP contribution < -0.4 is 0 Å². The molecule has 2 aliphatic heterocycles. The van der Waals surface area contributed by atoms with Gasteiger partial charge in [0.2, 0.25) is 6.29 Å². The molecule has 76 valence electrons. The highest BCUT2D eigenvalue weighted by molar-refractivity contribution is 5.09. The van der Waals surface area contributed by atoms with E-state index in [1.165, 1.54) is 0 Å². The molecule has 0 bridgehead atoms. The highest BCUT2D eigenvalue weighted by Crippen LogP contribution is 2.35. The van der Waals surface area contributed by atoms with Gasteiger partial charge in [-0.3, -0.25) is 0 Å². The molecule has 6 nitrogen and oxygen atoms in total. The van der Waals surface area contributed by atoms with E-state index in [-0.39, 0.29) is 12.6 Å². The molecule has 2 atom stereocenters. The van der Waals surface area contributed by atoms with Crippen LogP contribution in [-0.4, -0.2) is 24.7 Å². The molecule has 1 fully saturated rings. The Morgan fingerprint density at radius 3 is 3.00 bits per heavy atom. The molecular formula is C8H11N3O3. The fraction of sp³-hybridized carbons (Fsp3) is 0.750. The van der Waals surface area contributed by atoms with Crippen molar-refractivity contribution in [3.05, 3.63) is 22.3 Å². The van der Waals surface area contributed by atoms with Crippen molar-refractivity contribution < 1.29 is 14.2 Å². The monoisotopic (exact) mass is 197 g/mol. The van der Waals surface area contributed by atoms with Crippen molar-refractivity contribution in [2.45, 2.75) is 32.0 Å². The molecule has 0 unspecified atom stereocenters. The van der Waals surface area contributed by atoms with Crippen LogP contribution in [-0.2, 0) is 14.2 Å². The Labute approximate surface area is 81.1 Å². The van der Waals surface area contributed by atoms with E-state index in [1.807, 2.05) is 13.8 Å². The minimum absolute atomic E-state index is 0.186. The van der Waals surface area contributed by atoms with Gasteiger partial charge in [-0.2, -0.15) is 0 Å². The van der Waals surface area contributed by atoms with Gasteiger partial charge in [-0.15, -0.1) is 0 Å². The molecule has 0 radical (unpaired) electrons. The highest BCUT2D eigenvalue weighted by atomic mass is 16.8. The third-order valence-electron chi connectivity index (χ3n) is 2.00. The van der Waals surface area contributed by atoms with Gasteiger partial charge >= 0.3 is 0 Å². The fourth-order valence-corrected chi connectivity index (χ4v) is 1.52. The van der Waals surface area contributed by atoms with E-state index in [0.29, 0.717) is 5.76 Å². The first-order valence-electron chi connectivity index (χ1n) is 4.34. The zero-order valence-corrected chi connectivity index (χ0v) is 8.01. The number of rotatable bonds is 2. The fourth-order valence-electron chi connectivity index (χ4n) is 1.52. The van der Waals surface area contributed by atoms with E-state index in [0.717, 1.165) is 0 Å². The summed E-state index contributed by atoms with van der Waals surface area (Å²) in [6.07, 6.45) is 1.21. The second kappa shape index (κ2) is 3.16. The maximum atomic E-state index is 8.13. The van der Waals surface area contributed by atoms with Gasteiger partial charge in [-0.1, -0.05) is 5.11 Å². The van der Waals surface area contributed by atoms with E-state index >= 15 is 0 Å². The lowest BCUT2D eigenvalue weighted by Crippen LogP contribution is -2.22. The minimum Gasteiger partial charge on any atom is -0.466 e. The molecule has 0 amide bonds. The molecule has 2 aliphatic rings. The van der Waals surface area contributed by atoms with Crippen LogP contribution in [0.4, 0.5) is 0 Å². The number of hydrogen-bond acceptors (Lipinski definition) is 4. The minimum atomic E-state index is -0.601. The summed E-state index contributed by atoms with van der Waals surface area (Å²) in [7, 11) is 0. The molecule has 0 aromatic rings. The third-order valence-corrected chi connectivity index (χ3v) is 2.00. The van der Waals surface area contributed by atoms with E-state index in [4.69, 9.17) is 19.7 Å². The van der Waals surface area contributed by atoms with Crippen LogP contribution in [0.3, 0.4) is 0 Å². The van der Waals surface area contributed by atoms with Crippen LogP contribution in [0, 0.1) is 0 Å². The molecule has 0 aromatic carbocycles. The lowest BCUT2D eigenvalue weighted by atomic mass is 10.3. The summed E-state index contributed by atoms with van der Waals surface area (Å²) < 4.78 is 16.3. The molecule has 0 aliphatic carbocycles. The number of hydrogen-bond donors (Lipinski definition) is 0. The Balaban J connectivity index is 2.01. The van der Waals surface area contributed by atoms with Crippen molar-refractivity contribution in [2.75, 3.05) is 6.54 Å². The van der Waals surface area contributed by atoms with Gasteiger partial charge in [0, 0.05) is 4.91 Å². The van der Waals surface area contributed by atoms with Crippen molar-refractivity contribution >= 4 is 0 Å². The number of ether oxygens (including phenoxy) is 3. The Morgan fingerprint density at radius 1 is 1.57 bits per heavy atom. The Hall–Kier alpha value is -1.23. The van der Waals surface area contributed by atoms with Gasteiger partial charge in [0.05, 0.1) is 6.54 Å². The summed E-state index contributed by atoms with van der Waals surface area (Å²) in [5.74, 6) is 0.00358. The summed E-state index contributed by atoms with van der Waals surface area (Å²) in [6.45, 7) is 3.86. The molecular weight excluding hydrogens is 186 g/mol. The maximum Gasteiger partial charge on any atom is 0.232 e. The van der Waals surface area contributed by atoms with Crippen LogP contribution in [0.5, 0.6) is 0 Å². The van der Waals surface area contributed by atoms with Crippen molar-refractivity contribution in [1.29, 1.82) is 0 Å². The van der Waals surface area contributed by atoms with Gasteiger partial charge in [0.1, 0.15) is 11.9 Å². The normalized spacial score (nSPS) is 32.9. The summed E-state index contributed by atoms with van der Waals surface area (Å²) in [5.41, 5.74) is 8.13. The van der Waals surface area contributed by atoms with E-state index < -0.39 is 12.1 Å². The highest BCUT2D eigenvalue weighted by Gasteiger charge is 2.45. The predicted molar refractivity (Wildman–Crippen MR) is 47.0 cm³/mol. The summed E-state index contributed by atoms with van der Waals surface area (Å²) in [4.78, 5) is 2.64. The first-order valence-corrected chi connectivity index (χ1v) is 4.34. The Kier molecular flexibility index (Phi) is 2.11. The first-order chi connectivity index (χ1) is 6.61. The largest absolute Gasteiger partial charge is 0.466 e. The molecule has 14 heavy (non-hydrogen) atoms. The van der Waals surface area contributed by atoms with Crippen LogP contribution in [0.1, 0.15) is 13.8 Å². The van der Waals surface area contributed by atoms with Crippen LogP contribution in [0.15, 0.2) is 16.9 Å². The average Bonchev–Trinajstić information content (AvgIpc) is 2.53. The lowest BCUT2D eigenvalue weighted by molar-refractivity contribution is -0.181. The number of nitrogens with zero attached hydrogens (tertiary/aromatic N) is 3. The van der Waals surface area contributed by atoms with Gasteiger partial charge in [0.25, 0.3) is 0 Å². The predicted octanol–water partition coefficient (Wildman–Crippen LogP) is 1.69. The van der Waals surface area contributed by atoms with E-state index in [1.54, 1.807) is 6.08 Å². The van der Waals surface area contributed by atoms with Gasteiger partial charge in [0.15, 0.2) is 5.79 Å². The van der Waals surface area contributed by atoms with Crippen molar-refractivity contribution in [3.8, 4) is 0 Å². The smallest absolute Gasteiger partial charge is 0.232 e. The van der Waals surface area contributed by atoms with Crippen molar-refractivity contribution in [1.82, 2.24) is 0 Å². The van der Waals surface area contributed by atoms with Crippen molar-refractivity contribution in [3.63, 3.8) is 0 Å². The number of fused-ring (bicyclic) bond motifs is 1. The second-order valence-electron chi connectivity index (χ2n) is 3.61. The summed E-state index contributed by atoms with van der Waals surface area (Å²) >= 11 is 0. The van der Waals surface area contributed by atoms with E-state index in [2.05, 4.69) is 10.0 Å². The zero-order chi connectivity index (χ0) is 10.2. The van der Waals surface area contributed by atoms with Crippen molar-refractivity contribution in [2.24, 2.45) is 5.11 Å². The van der Waals surface area contributed by atoms with Gasteiger partial charge in [-0.25, -0.2) is 0 Å². The van der Waals surface area contributed by atoms with Crippen LogP contribution >= 0.6 is 0 Å². The molecule has 0 aromatic heterocycles. The molecule has 0 N–H and O–H groups in total. The third kappa shape index (κ3) is 1.68. The van der Waals surface area contributed by atoms with Crippen LogP contribution in [0.2, 0.25) is 0 Å². The molecule has 0 spiro atoms. The average molecular weight is 197 g/mol. The van der Waals surface area contributed by atoms with Gasteiger partial charge in [-0.05, 0) is 25.5 Å². The quantitative estimate of drug-likeness (QED) is 0.384. The SMILES string of the molecule is CC1(C)O[C@H]2OC(CN=[N+]=[N-])=C[C@H]2O1.